The van der Waals surface area contributed by atoms with Crippen LogP contribution in [0, 0.1) is 0 Å². The number of carbonyl (C=O) groups excluding carboxylic acids is 1. The molecule has 2 heterocycles. The van der Waals surface area contributed by atoms with Crippen molar-refractivity contribution >= 4 is 23.6 Å². The smallest absolute Gasteiger partial charge is 0.246 e. The summed E-state index contributed by atoms with van der Waals surface area (Å²) < 4.78 is 5.58. The van der Waals surface area contributed by atoms with Gasteiger partial charge in [0.05, 0.1) is 6.54 Å². The van der Waals surface area contributed by atoms with Gasteiger partial charge in [-0.1, -0.05) is 54.9 Å². The Morgan fingerprint density at radius 2 is 1.86 bits per heavy atom. The van der Waals surface area contributed by atoms with Crippen LogP contribution in [0.15, 0.2) is 59.1 Å². The zero-order valence-corrected chi connectivity index (χ0v) is 17.3. The van der Waals surface area contributed by atoms with Gasteiger partial charge >= 0.3 is 0 Å². The minimum atomic E-state index is -0.0142. The Balaban J connectivity index is 1.44. The van der Waals surface area contributed by atoms with Crippen LogP contribution in [0.3, 0.4) is 0 Å². The summed E-state index contributed by atoms with van der Waals surface area (Å²) in [5.74, 6) is 1.25. The fourth-order valence-electron chi connectivity index (χ4n) is 3.51. The van der Waals surface area contributed by atoms with Crippen molar-refractivity contribution < 1.29 is 9.32 Å². The van der Waals surface area contributed by atoms with Crippen molar-refractivity contribution in [3.8, 4) is 11.3 Å². The Morgan fingerprint density at radius 1 is 1.14 bits per heavy atom. The summed E-state index contributed by atoms with van der Waals surface area (Å²) in [5, 5.41) is 4.89. The first-order valence-corrected chi connectivity index (χ1v) is 10.2. The molecule has 0 unspecified atom stereocenters. The third-order valence-electron chi connectivity index (χ3n) is 5.28. The van der Waals surface area contributed by atoms with Crippen LogP contribution in [0.4, 0.5) is 0 Å². The molecule has 1 aliphatic heterocycles. The molecular weight excluding hydrogens is 384 g/mol. The fraction of sp³-hybridized carbons (Fsp3) is 0.250. The average molecular weight is 407 g/mol. The van der Waals surface area contributed by atoms with Gasteiger partial charge in [0.25, 0.3) is 0 Å². The van der Waals surface area contributed by atoms with Crippen molar-refractivity contribution in [2.45, 2.75) is 32.7 Å². The van der Waals surface area contributed by atoms with Crippen LogP contribution >= 0.6 is 11.6 Å². The molecule has 0 fully saturated rings. The number of rotatable bonds is 4. The third kappa shape index (κ3) is 4.28. The van der Waals surface area contributed by atoms with Gasteiger partial charge in [0, 0.05) is 28.8 Å². The van der Waals surface area contributed by atoms with Crippen LogP contribution in [-0.4, -0.2) is 22.5 Å². The van der Waals surface area contributed by atoms with E-state index < -0.39 is 0 Å². The first-order valence-electron chi connectivity index (χ1n) is 9.81. The Hall–Kier alpha value is -2.85. The van der Waals surface area contributed by atoms with Crippen molar-refractivity contribution in [2.24, 2.45) is 0 Å². The molecule has 5 heteroatoms. The molecule has 0 radical (unpaired) electrons. The van der Waals surface area contributed by atoms with E-state index in [0.717, 1.165) is 34.6 Å². The topological polar surface area (TPSA) is 46.3 Å². The van der Waals surface area contributed by atoms with Gasteiger partial charge in [-0.2, -0.15) is 0 Å². The molecule has 0 atom stereocenters. The van der Waals surface area contributed by atoms with E-state index in [2.05, 4.69) is 31.1 Å². The van der Waals surface area contributed by atoms with Gasteiger partial charge in [-0.05, 0) is 53.8 Å². The number of fused-ring (bicyclic) bond motifs is 1. The normalized spacial score (nSPS) is 13.9. The molecule has 0 spiro atoms. The second kappa shape index (κ2) is 8.26. The molecule has 0 bridgehead atoms. The number of amides is 1. The van der Waals surface area contributed by atoms with E-state index in [1.54, 1.807) is 11.0 Å². The molecule has 29 heavy (non-hydrogen) atoms. The predicted octanol–water partition coefficient (Wildman–Crippen LogP) is 5.72. The molecule has 1 aromatic heterocycles. The van der Waals surface area contributed by atoms with Crippen molar-refractivity contribution in [1.82, 2.24) is 10.1 Å². The second-order valence-electron chi connectivity index (χ2n) is 7.61. The highest BCUT2D eigenvalue weighted by Crippen LogP contribution is 2.31. The van der Waals surface area contributed by atoms with Gasteiger partial charge in [0.1, 0.15) is 5.69 Å². The highest BCUT2D eigenvalue weighted by molar-refractivity contribution is 6.30. The minimum Gasteiger partial charge on any atom is -0.356 e. The molecule has 4 rings (SSSR count). The van der Waals surface area contributed by atoms with Crippen LogP contribution in [0.2, 0.25) is 5.02 Å². The van der Waals surface area contributed by atoms with Crippen LogP contribution in [0.1, 0.15) is 42.1 Å². The first-order chi connectivity index (χ1) is 14.0. The van der Waals surface area contributed by atoms with Gasteiger partial charge in [0.15, 0.2) is 5.76 Å². The van der Waals surface area contributed by atoms with Crippen molar-refractivity contribution in [3.05, 3.63) is 82.0 Å². The van der Waals surface area contributed by atoms with Crippen LogP contribution < -0.4 is 0 Å². The summed E-state index contributed by atoms with van der Waals surface area (Å²) in [6.07, 6.45) is 4.22. The standard InChI is InChI=1S/C24H23ClN2O2/c1-16(2)18-6-3-17(4-7-18)5-12-23(28)27-14-13-21-22(15-27)26-29-24(21)19-8-10-20(25)11-9-19/h3-12,16H,13-15H2,1-2H3/b12-5+. The quantitative estimate of drug-likeness (QED) is 0.521. The fourth-order valence-corrected chi connectivity index (χ4v) is 3.64. The maximum atomic E-state index is 12.6. The summed E-state index contributed by atoms with van der Waals surface area (Å²) >= 11 is 5.97. The lowest BCUT2D eigenvalue weighted by molar-refractivity contribution is -0.126. The molecule has 0 saturated heterocycles. The zero-order chi connectivity index (χ0) is 20.4. The van der Waals surface area contributed by atoms with Gasteiger partial charge in [-0.25, -0.2) is 0 Å². The average Bonchev–Trinajstić information content (AvgIpc) is 3.16. The Bertz CT molecular complexity index is 1030. The maximum absolute atomic E-state index is 12.6. The Morgan fingerprint density at radius 3 is 2.55 bits per heavy atom. The van der Waals surface area contributed by atoms with Crippen molar-refractivity contribution in [2.75, 3.05) is 6.54 Å². The van der Waals surface area contributed by atoms with E-state index in [1.165, 1.54) is 5.56 Å². The van der Waals surface area contributed by atoms with Crippen molar-refractivity contribution in [3.63, 3.8) is 0 Å². The summed E-state index contributed by atoms with van der Waals surface area (Å²) in [6.45, 7) is 5.44. The zero-order valence-electron chi connectivity index (χ0n) is 16.6. The number of carbonyl (C=O) groups is 1. The Labute approximate surface area is 175 Å². The maximum Gasteiger partial charge on any atom is 0.246 e. The lowest BCUT2D eigenvalue weighted by Gasteiger charge is -2.24. The van der Waals surface area contributed by atoms with E-state index >= 15 is 0 Å². The van der Waals surface area contributed by atoms with E-state index in [1.807, 2.05) is 42.5 Å². The monoisotopic (exact) mass is 406 g/mol. The van der Waals surface area contributed by atoms with E-state index in [4.69, 9.17) is 16.1 Å². The summed E-state index contributed by atoms with van der Waals surface area (Å²) in [7, 11) is 0. The number of halogens is 1. The van der Waals surface area contributed by atoms with Crippen LogP contribution in [0.25, 0.3) is 17.4 Å². The summed E-state index contributed by atoms with van der Waals surface area (Å²) in [5.41, 5.74) is 5.16. The molecule has 148 valence electrons. The van der Waals surface area contributed by atoms with Crippen LogP contribution in [-0.2, 0) is 17.8 Å². The SMILES string of the molecule is CC(C)c1ccc(/C=C/C(=O)N2CCc3c(noc3-c3ccc(Cl)cc3)C2)cc1. The van der Waals surface area contributed by atoms with E-state index in [0.29, 0.717) is 24.0 Å². The van der Waals surface area contributed by atoms with Gasteiger partial charge in [0.2, 0.25) is 5.91 Å². The molecular formula is C24H23ClN2O2. The largest absolute Gasteiger partial charge is 0.356 e. The number of hydrogen-bond donors (Lipinski definition) is 0. The summed E-state index contributed by atoms with van der Waals surface area (Å²) in [6, 6.07) is 15.8. The molecule has 1 amide bonds. The first kappa shape index (κ1) is 19.5. The predicted molar refractivity (Wildman–Crippen MR) is 116 cm³/mol. The van der Waals surface area contributed by atoms with Gasteiger partial charge in [-0.15, -0.1) is 0 Å². The number of hydrogen-bond acceptors (Lipinski definition) is 3. The number of nitrogens with zero attached hydrogens (tertiary/aromatic N) is 2. The third-order valence-corrected chi connectivity index (χ3v) is 5.53. The number of benzene rings is 2. The molecule has 4 nitrogen and oxygen atoms in total. The Kier molecular flexibility index (Phi) is 5.54. The van der Waals surface area contributed by atoms with Crippen molar-refractivity contribution in [1.29, 1.82) is 0 Å². The molecule has 0 saturated carbocycles. The minimum absolute atomic E-state index is 0.0142. The molecule has 2 aromatic carbocycles. The van der Waals surface area contributed by atoms with E-state index in [-0.39, 0.29) is 5.91 Å². The highest BCUT2D eigenvalue weighted by atomic mass is 35.5. The molecule has 0 N–H and O–H groups in total. The molecule has 1 aliphatic rings. The summed E-state index contributed by atoms with van der Waals surface area (Å²) in [4.78, 5) is 14.4. The molecule has 0 aliphatic carbocycles. The lowest BCUT2D eigenvalue weighted by atomic mass is 10.0. The van der Waals surface area contributed by atoms with E-state index in [9.17, 15) is 4.79 Å². The second-order valence-corrected chi connectivity index (χ2v) is 8.04. The molecule has 3 aromatic rings. The highest BCUT2D eigenvalue weighted by Gasteiger charge is 2.26. The number of aromatic nitrogens is 1. The lowest BCUT2D eigenvalue weighted by Crippen LogP contribution is -2.34. The van der Waals surface area contributed by atoms with Crippen LogP contribution in [0.5, 0.6) is 0 Å². The van der Waals surface area contributed by atoms with Gasteiger partial charge in [-0.3, -0.25) is 4.79 Å². The van der Waals surface area contributed by atoms with Gasteiger partial charge < -0.3 is 9.42 Å².